The molecule has 0 aromatic carbocycles. The summed E-state index contributed by atoms with van der Waals surface area (Å²) in [4.78, 5) is 18.5. The monoisotopic (exact) mass is 294 g/mol. The molecule has 0 aliphatic carbocycles. The second-order valence-electron chi connectivity index (χ2n) is 5.09. The third-order valence-corrected chi connectivity index (χ3v) is 3.11. The zero-order valence-corrected chi connectivity index (χ0v) is 13.4. The van der Waals surface area contributed by atoms with Crippen LogP contribution < -0.4 is 0 Å². The van der Waals surface area contributed by atoms with Crippen LogP contribution in [0.25, 0.3) is 0 Å². The van der Waals surface area contributed by atoms with E-state index in [-0.39, 0.29) is 11.9 Å². The van der Waals surface area contributed by atoms with Gasteiger partial charge < -0.3 is 14.4 Å². The molecule has 0 fully saturated rings. The van der Waals surface area contributed by atoms with Crippen molar-refractivity contribution in [3.8, 4) is 0 Å². The van der Waals surface area contributed by atoms with Crippen LogP contribution in [0.1, 0.15) is 33.4 Å². The van der Waals surface area contributed by atoms with Crippen LogP contribution in [0.15, 0.2) is 24.4 Å². The Morgan fingerprint density at radius 3 is 2.62 bits per heavy atom. The summed E-state index contributed by atoms with van der Waals surface area (Å²) in [6.07, 6.45) is 1.26. The summed E-state index contributed by atoms with van der Waals surface area (Å²) >= 11 is 0. The van der Waals surface area contributed by atoms with Crippen LogP contribution in [0.4, 0.5) is 0 Å². The Balaban J connectivity index is 2.56. The highest BCUT2D eigenvalue weighted by atomic mass is 16.5. The topological polar surface area (TPSA) is 51.7 Å². The molecule has 1 rings (SSSR count). The minimum Gasteiger partial charge on any atom is -0.379 e. The van der Waals surface area contributed by atoms with Gasteiger partial charge in [-0.1, -0.05) is 6.07 Å². The second kappa shape index (κ2) is 9.47. The summed E-state index contributed by atoms with van der Waals surface area (Å²) < 4.78 is 10.7. The van der Waals surface area contributed by atoms with Gasteiger partial charge in [0.05, 0.1) is 25.5 Å². The van der Waals surface area contributed by atoms with E-state index in [0.717, 1.165) is 5.69 Å². The predicted octanol–water partition coefficient (Wildman–Crippen LogP) is 2.26. The first-order valence-electron chi connectivity index (χ1n) is 7.46. The highest BCUT2D eigenvalue weighted by Crippen LogP contribution is 2.10. The smallest absolute Gasteiger partial charge is 0.251 e. The van der Waals surface area contributed by atoms with E-state index in [1.165, 1.54) is 0 Å². The van der Waals surface area contributed by atoms with Crippen molar-refractivity contribution in [3.63, 3.8) is 0 Å². The number of aromatic nitrogens is 1. The number of ether oxygens (including phenoxy) is 2. The Hall–Kier alpha value is -1.46. The summed E-state index contributed by atoms with van der Waals surface area (Å²) in [5, 5.41) is 0. The van der Waals surface area contributed by atoms with Gasteiger partial charge in [-0.05, 0) is 39.8 Å². The highest BCUT2D eigenvalue weighted by Gasteiger charge is 2.23. The Bertz CT molecular complexity index is 409. The lowest BCUT2D eigenvalue weighted by atomic mass is 10.2. The van der Waals surface area contributed by atoms with Crippen LogP contribution in [-0.4, -0.2) is 47.8 Å². The fourth-order valence-electron chi connectivity index (χ4n) is 1.91. The van der Waals surface area contributed by atoms with Crippen LogP contribution in [0.3, 0.4) is 0 Å². The molecule has 1 atom stereocenters. The van der Waals surface area contributed by atoms with Gasteiger partial charge in [-0.2, -0.15) is 0 Å². The number of amides is 1. The van der Waals surface area contributed by atoms with Crippen molar-refractivity contribution >= 4 is 5.91 Å². The predicted molar refractivity (Wildman–Crippen MR) is 81.8 cm³/mol. The molecule has 1 aromatic heterocycles. The molecule has 0 N–H and O–H groups in total. The van der Waals surface area contributed by atoms with E-state index in [1.54, 1.807) is 18.0 Å². The largest absolute Gasteiger partial charge is 0.379 e. The summed E-state index contributed by atoms with van der Waals surface area (Å²) in [6, 6.07) is 5.80. The Kier molecular flexibility index (Phi) is 7.93. The first-order chi connectivity index (χ1) is 10.1. The van der Waals surface area contributed by atoms with Crippen LogP contribution >= 0.6 is 0 Å². The number of hydrogen-bond acceptors (Lipinski definition) is 4. The lowest BCUT2D eigenvalue weighted by Gasteiger charge is -2.29. The van der Waals surface area contributed by atoms with Crippen LogP contribution in [-0.2, 0) is 20.8 Å². The molecule has 1 aromatic rings. The second-order valence-corrected chi connectivity index (χ2v) is 5.09. The van der Waals surface area contributed by atoms with E-state index in [9.17, 15) is 4.79 Å². The fraction of sp³-hybridized carbons (Fsp3) is 0.625. The van der Waals surface area contributed by atoms with Crippen molar-refractivity contribution < 1.29 is 14.3 Å². The average molecular weight is 294 g/mol. The van der Waals surface area contributed by atoms with Gasteiger partial charge in [0.2, 0.25) is 0 Å². The lowest BCUT2D eigenvalue weighted by Crippen LogP contribution is -2.43. The molecule has 0 unspecified atom stereocenters. The van der Waals surface area contributed by atoms with Crippen LogP contribution in [0, 0.1) is 0 Å². The molecular weight excluding hydrogens is 268 g/mol. The molecule has 5 heteroatoms. The van der Waals surface area contributed by atoms with Gasteiger partial charge in [-0.15, -0.1) is 0 Å². The van der Waals surface area contributed by atoms with Crippen molar-refractivity contribution in [3.05, 3.63) is 30.1 Å². The Morgan fingerprint density at radius 1 is 1.29 bits per heavy atom. The normalized spacial score (nSPS) is 12.4. The third-order valence-electron chi connectivity index (χ3n) is 3.11. The molecule has 0 radical (unpaired) electrons. The van der Waals surface area contributed by atoms with E-state index >= 15 is 0 Å². The number of pyridine rings is 1. The van der Waals surface area contributed by atoms with Crippen LogP contribution in [0.5, 0.6) is 0 Å². The maximum atomic E-state index is 12.5. The molecule has 1 heterocycles. The highest BCUT2D eigenvalue weighted by molar-refractivity contribution is 5.80. The van der Waals surface area contributed by atoms with E-state index < -0.39 is 6.10 Å². The molecule has 0 saturated carbocycles. The fourth-order valence-corrected chi connectivity index (χ4v) is 1.91. The van der Waals surface area contributed by atoms with E-state index in [0.29, 0.717) is 26.4 Å². The van der Waals surface area contributed by atoms with Gasteiger partial charge in [-0.3, -0.25) is 9.78 Å². The standard InChI is InChI=1S/C16H26N2O3/c1-5-20-10-11-21-14(4)16(19)18(13(2)3)12-15-8-6-7-9-17-15/h6-9,13-14H,5,10-12H2,1-4H3/t14-/m0/s1. The first kappa shape index (κ1) is 17.6. The van der Waals surface area contributed by atoms with E-state index in [2.05, 4.69) is 4.98 Å². The van der Waals surface area contributed by atoms with Gasteiger partial charge in [0.15, 0.2) is 0 Å². The summed E-state index contributed by atoms with van der Waals surface area (Å²) in [6.45, 7) is 9.79. The van der Waals surface area contributed by atoms with Gasteiger partial charge in [0, 0.05) is 18.8 Å². The molecule has 0 aliphatic rings. The van der Waals surface area contributed by atoms with Gasteiger partial charge >= 0.3 is 0 Å². The Labute approximate surface area is 127 Å². The minimum atomic E-state index is -0.475. The molecular formula is C16H26N2O3. The van der Waals surface area contributed by atoms with Crippen molar-refractivity contribution in [2.24, 2.45) is 0 Å². The molecule has 21 heavy (non-hydrogen) atoms. The maximum absolute atomic E-state index is 12.5. The van der Waals surface area contributed by atoms with Crippen molar-refractivity contribution in [1.82, 2.24) is 9.88 Å². The summed E-state index contributed by atoms with van der Waals surface area (Å²) in [7, 11) is 0. The number of carbonyl (C=O) groups excluding carboxylic acids is 1. The molecule has 0 aliphatic heterocycles. The zero-order valence-electron chi connectivity index (χ0n) is 13.4. The van der Waals surface area contributed by atoms with E-state index in [1.807, 2.05) is 39.0 Å². The molecule has 0 bridgehead atoms. The molecule has 5 nitrogen and oxygen atoms in total. The van der Waals surface area contributed by atoms with Crippen molar-refractivity contribution in [1.29, 1.82) is 0 Å². The summed E-state index contributed by atoms with van der Waals surface area (Å²) in [5.41, 5.74) is 0.876. The average Bonchev–Trinajstić information content (AvgIpc) is 2.49. The SMILES string of the molecule is CCOCCO[C@@H](C)C(=O)N(Cc1ccccn1)C(C)C. The summed E-state index contributed by atoms with van der Waals surface area (Å²) in [5.74, 6) is -0.0212. The quantitative estimate of drug-likeness (QED) is 0.656. The van der Waals surface area contributed by atoms with Gasteiger partial charge in [0.25, 0.3) is 5.91 Å². The molecule has 0 saturated heterocycles. The Morgan fingerprint density at radius 2 is 2.05 bits per heavy atom. The van der Waals surface area contributed by atoms with Gasteiger partial charge in [0.1, 0.15) is 6.10 Å². The third kappa shape index (κ3) is 6.23. The van der Waals surface area contributed by atoms with Crippen molar-refractivity contribution in [2.45, 2.75) is 46.4 Å². The maximum Gasteiger partial charge on any atom is 0.251 e. The van der Waals surface area contributed by atoms with E-state index in [4.69, 9.17) is 9.47 Å². The minimum absolute atomic E-state index is 0.0212. The number of rotatable bonds is 9. The molecule has 118 valence electrons. The van der Waals surface area contributed by atoms with Gasteiger partial charge in [-0.25, -0.2) is 0 Å². The molecule has 0 spiro atoms. The molecule has 1 amide bonds. The number of carbonyl (C=O) groups is 1. The number of hydrogen-bond donors (Lipinski definition) is 0. The van der Waals surface area contributed by atoms with Crippen LogP contribution in [0.2, 0.25) is 0 Å². The first-order valence-corrected chi connectivity index (χ1v) is 7.46. The number of nitrogens with zero attached hydrogens (tertiary/aromatic N) is 2. The zero-order chi connectivity index (χ0) is 15.7. The van der Waals surface area contributed by atoms with Crippen molar-refractivity contribution in [2.75, 3.05) is 19.8 Å². The lowest BCUT2D eigenvalue weighted by molar-refractivity contribution is -0.146.